The van der Waals surface area contributed by atoms with Crippen molar-refractivity contribution >= 4 is 29.0 Å². The minimum atomic E-state index is -0.0747. The Morgan fingerprint density at radius 2 is 1.76 bits per heavy atom. The number of amides is 1. The maximum Gasteiger partial charge on any atom is 0.234 e. The van der Waals surface area contributed by atoms with Gasteiger partial charge in [0.25, 0.3) is 0 Å². The molecule has 0 spiro atoms. The summed E-state index contributed by atoms with van der Waals surface area (Å²) in [7, 11) is 1.66. The van der Waals surface area contributed by atoms with Crippen LogP contribution in [0.4, 0.5) is 11.4 Å². The monoisotopic (exact) mass is 466 g/mol. The van der Waals surface area contributed by atoms with Gasteiger partial charge >= 0.3 is 0 Å². The quantitative estimate of drug-likeness (QED) is 0.475. The fourth-order valence-electron chi connectivity index (χ4n) is 3.91. The second kappa shape index (κ2) is 11.8. The fraction of sp³-hybridized carbons (Fsp3) is 0.417. The van der Waals surface area contributed by atoms with Gasteiger partial charge in [-0.3, -0.25) is 14.3 Å². The normalized spacial score (nSPS) is 14.2. The molecule has 2 aromatic heterocycles. The third kappa shape index (κ3) is 6.33. The molecule has 0 saturated carbocycles. The van der Waals surface area contributed by atoms with Crippen LogP contribution in [0.3, 0.4) is 0 Å². The molecule has 1 saturated heterocycles. The van der Waals surface area contributed by atoms with Crippen LogP contribution < -0.4 is 10.2 Å². The van der Waals surface area contributed by atoms with Crippen molar-refractivity contribution in [2.75, 3.05) is 42.8 Å². The number of benzene rings is 1. The van der Waals surface area contributed by atoms with Crippen LogP contribution >= 0.6 is 11.8 Å². The predicted octanol–water partition coefficient (Wildman–Crippen LogP) is 4.10. The van der Waals surface area contributed by atoms with Gasteiger partial charge in [0.2, 0.25) is 5.91 Å². The molecular formula is C24H30N6O2S. The van der Waals surface area contributed by atoms with Crippen molar-refractivity contribution in [3.05, 3.63) is 48.8 Å². The third-order valence-corrected chi connectivity index (χ3v) is 6.60. The zero-order chi connectivity index (χ0) is 22.9. The molecule has 8 nitrogen and oxygen atoms in total. The number of pyridine rings is 1. The van der Waals surface area contributed by atoms with Crippen molar-refractivity contribution in [3.8, 4) is 11.4 Å². The standard InChI is InChI=1S/C24H30N6O2S/c1-32-17-16-30-23(19-10-12-25-13-11-19)27-28-24(30)33-18-22(31)26-20-6-8-21(9-7-20)29-14-4-2-3-5-15-29/h6-13H,2-5,14-18H2,1H3,(H,26,31). The molecule has 0 bridgehead atoms. The van der Waals surface area contributed by atoms with Crippen LogP contribution in [0.25, 0.3) is 11.4 Å². The van der Waals surface area contributed by atoms with Gasteiger partial charge in [0, 0.05) is 49.5 Å². The summed E-state index contributed by atoms with van der Waals surface area (Å²) in [5.41, 5.74) is 2.95. The van der Waals surface area contributed by atoms with Crippen molar-refractivity contribution in [3.63, 3.8) is 0 Å². The van der Waals surface area contributed by atoms with Crippen molar-refractivity contribution in [1.82, 2.24) is 19.7 Å². The first-order chi connectivity index (χ1) is 16.2. The third-order valence-electron chi connectivity index (χ3n) is 5.63. The number of nitrogens with zero attached hydrogens (tertiary/aromatic N) is 5. The number of anilines is 2. The van der Waals surface area contributed by atoms with Gasteiger partial charge in [-0.05, 0) is 49.2 Å². The molecule has 4 rings (SSSR count). The molecule has 33 heavy (non-hydrogen) atoms. The number of methoxy groups -OCH3 is 1. The van der Waals surface area contributed by atoms with Gasteiger partial charge in [0.05, 0.1) is 18.9 Å². The fourth-order valence-corrected chi connectivity index (χ4v) is 4.67. The maximum atomic E-state index is 12.6. The summed E-state index contributed by atoms with van der Waals surface area (Å²) in [5.74, 6) is 0.908. The van der Waals surface area contributed by atoms with Gasteiger partial charge in [-0.25, -0.2) is 0 Å². The lowest BCUT2D eigenvalue weighted by Gasteiger charge is -2.22. The number of aromatic nitrogens is 4. The predicted molar refractivity (Wildman–Crippen MR) is 132 cm³/mol. The molecule has 3 heterocycles. The van der Waals surface area contributed by atoms with Crippen molar-refractivity contribution < 1.29 is 9.53 Å². The number of nitrogens with one attached hydrogen (secondary N) is 1. The number of ether oxygens (including phenoxy) is 1. The largest absolute Gasteiger partial charge is 0.383 e. The second-order valence-electron chi connectivity index (χ2n) is 7.97. The van der Waals surface area contributed by atoms with E-state index >= 15 is 0 Å². The molecule has 1 aromatic carbocycles. The van der Waals surface area contributed by atoms with E-state index in [2.05, 4.69) is 37.5 Å². The highest BCUT2D eigenvalue weighted by molar-refractivity contribution is 7.99. The number of hydrogen-bond donors (Lipinski definition) is 1. The molecule has 1 aliphatic rings. The Hall–Kier alpha value is -2.91. The summed E-state index contributed by atoms with van der Waals surface area (Å²) in [6.45, 7) is 3.34. The van der Waals surface area contributed by atoms with Gasteiger partial charge in [0.15, 0.2) is 11.0 Å². The highest BCUT2D eigenvalue weighted by Crippen LogP contribution is 2.25. The van der Waals surface area contributed by atoms with E-state index in [-0.39, 0.29) is 11.7 Å². The van der Waals surface area contributed by atoms with E-state index in [9.17, 15) is 4.79 Å². The Labute approximate surface area is 198 Å². The van der Waals surface area contributed by atoms with Gasteiger partial charge in [-0.2, -0.15) is 0 Å². The highest BCUT2D eigenvalue weighted by atomic mass is 32.2. The lowest BCUT2D eigenvalue weighted by Crippen LogP contribution is -2.23. The lowest BCUT2D eigenvalue weighted by atomic mass is 10.2. The van der Waals surface area contributed by atoms with E-state index in [1.807, 2.05) is 28.8 Å². The molecule has 9 heteroatoms. The van der Waals surface area contributed by atoms with E-state index in [1.165, 1.54) is 43.1 Å². The highest BCUT2D eigenvalue weighted by Gasteiger charge is 2.16. The summed E-state index contributed by atoms with van der Waals surface area (Å²) >= 11 is 1.37. The van der Waals surface area contributed by atoms with E-state index < -0.39 is 0 Å². The summed E-state index contributed by atoms with van der Waals surface area (Å²) < 4.78 is 7.22. The number of thioether (sulfide) groups is 1. The molecule has 0 atom stereocenters. The van der Waals surface area contributed by atoms with Gasteiger partial charge in [-0.1, -0.05) is 24.6 Å². The van der Waals surface area contributed by atoms with Crippen molar-refractivity contribution in [2.45, 2.75) is 37.4 Å². The minimum absolute atomic E-state index is 0.0747. The van der Waals surface area contributed by atoms with Crippen LogP contribution in [-0.4, -0.2) is 58.2 Å². The van der Waals surface area contributed by atoms with Gasteiger partial charge in [-0.15, -0.1) is 10.2 Å². The first-order valence-corrected chi connectivity index (χ1v) is 12.3. The minimum Gasteiger partial charge on any atom is -0.383 e. The summed E-state index contributed by atoms with van der Waals surface area (Å²) in [6, 6.07) is 11.9. The molecule has 0 aliphatic carbocycles. The SMILES string of the molecule is COCCn1c(SCC(=O)Nc2ccc(N3CCCCCC3)cc2)nnc1-c1ccncc1. The lowest BCUT2D eigenvalue weighted by molar-refractivity contribution is -0.113. The molecule has 1 fully saturated rings. The topological polar surface area (TPSA) is 85.2 Å². The smallest absolute Gasteiger partial charge is 0.234 e. The Morgan fingerprint density at radius 3 is 2.45 bits per heavy atom. The molecule has 174 valence electrons. The van der Waals surface area contributed by atoms with Gasteiger partial charge in [0.1, 0.15) is 0 Å². The molecule has 1 amide bonds. The zero-order valence-corrected chi connectivity index (χ0v) is 19.8. The van der Waals surface area contributed by atoms with Crippen molar-refractivity contribution in [1.29, 1.82) is 0 Å². The van der Waals surface area contributed by atoms with Crippen LogP contribution in [0, 0.1) is 0 Å². The van der Waals surface area contributed by atoms with E-state index in [0.29, 0.717) is 18.3 Å². The van der Waals surface area contributed by atoms with Crippen LogP contribution in [-0.2, 0) is 16.1 Å². The number of hydrogen-bond acceptors (Lipinski definition) is 7. The van der Waals surface area contributed by atoms with E-state index in [0.717, 1.165) is 30.2 Å². The second-order valence-corrected chi connectivity index (χ2v) is 8.91. The van der Waals surface area contributed by atoms with Crippen LogP contribution in [0.1, 0.15) is 25.7 Å². The Kier molecular flexibility index (Phi) is 8.32. The molecule has 3 aromatic rings. The molecule has 1 aliphatic heterocycles. The molecule has 0 radical (unpaired) electrons. The summed E-state index contributed by atoms with van der Waals surface area (Å²) in [5, 5.41) is 12.3. The Morgan fingerprint density at radius 1 is 1.03 bits per heavy atom. The van der Waals surface area contributed by atoms with E-state index in [4.69, 9.17) is 4.74 Å². The maximum absolute atomic E-state index is 12.6. The van der Waals surface area contributed by atoms with E-state index in [1.54, 1.807) is 19.5 Å². The number of rotatable bonds is 9. The average Bonchev–Trinajstić information content (AvgIpc) is 3.05. The van der Waals surface area contributed by atoms with Crippen LogP contribution in [0.15, 0.2) is 53.9 Å². The number of carbonyl (C=O) groups excluding carboxylic acids is 1. The Balaban J connectivity index is 1.36. The molecule has 1 N–H and O–H groups in total. The Bertz CT molecular complexity index is 1020. The average molecular weight is 467 g/mol. The van der Waals surface area contributed by atoms with Crippen LogP contribution in [0.5, 0.6) is 0 Å². The molecule has 0 unspecified atom stereocenters. The van der Waals surface area contributed by atoms with Gasteiger partial charge < -0.3 is 15.0 Å². The van der Waals surface area contributed by atoms with Crippen LogP contribution in [0.2, 0.25) is 0 Å². The first kappa shape index (κ1) is 23.3. The summed E-state index contributed by atoms with van der Waals surface area (Å²) in [4.78, 5) is 19.1. The number of carbonyl (C=O) groups is 1. The first-order valence-electron chi connectivity index (χ1n) is 11.3. The van der Waals surface area contributed by atoms with Crippen molar-refractivity contribution in [2.24, 2.45) is 0 Å². The summed E-state index contributed by atoms with van der Waals surface area (Å²) in [6.07, 6.45) is 8.56. The zero-order valence-electron chi connectivity index (χ0n) is 18.9. The molecular weight excluding hydrogens is 436 g/mol.